The van der Waals surface area contributed by atoms with Gasteiger partial charge >= 0.3 is 0 Å². The third-order valence-electron chi connectivity index (χ3n) is 5.38. The monoisotopic (exact) mass is 347 g/mol. The van der Waals surface area contributed by atoms with E-state index in [0.29, 0.717) is 0 Å². The SMILES string of the molecule is Cc1ccc(-c2ccc3c4ccccc4n(-c4ccccc4)c3c2)c(C)c1. The van der Waals surface area contributed by atoms with Crippen LogP contribution in [0, 0.1) is 13.8 Å². The van der Waals surface area contributed by atoms with Crippen molar-refractivity contribution in [3.63, 3.8) is 0 Å². The van der Waals surface area contributed by atoms with Crippen LogP contribution in [0.3, 0.4) is 0 Å². The van der Waals surface area contributed by atoms with Crippen LogP contribution in [0.2, 0.25) is 0 Å². The van der Waals surface area contributed by atoms with E-state index < -0.39 is 0 Å². The van der Waals surface area contributed by atoms with E-state index in [1.165, 1.54) is 49.7 Å². The number of aryl methyl sites for hydroxylation is 2. The van der Waals surface area contributed by atoms with Crippen molar-refractivity contribution in [2.45, 2.75) is 13.8 Å². The first kappa shape index (κ1) is 15.9. The Kier molecular flexibility index (Phi) is 3.61. The maximum absolute atomic E-state index is 2.37. The molecule has 0 radical (unpaired) electrons. The second kappa shape index (κ2) is 6.14. The first-order chi connectivity index (χ1) is 13.2. The molecule has 0 unspecified atom stereocenters. The third-order valence-corrected chi connectivity index (χ3v) is 5.38. The number of aromatic nitrogens is 1. The van der Waals surface area contributed by atoms with Crippen LogP contribution < -0.4 is 0 Å². The topological polar surface area (TPSA) is 4.93 Å². The van der Waals surface area contributed by atoms with Crippen molar-refractivity contribution >= 4 is 21.8 Å². The molecule has 1 heterocycles. The van der Waals surface area contributed by atoms with E-state index in [1.54, 1.807) is 0 Å². The Morgan fingerprint density at radius 2 is 1.33 bits per heavy atom. The second-order valence-corrected chi connectivity index (χ2v) is 7.24. The van der Waals surface area contributed by atoms with Gasteiger partial charge in [-0.2, -0.15) is 0 Å². The van der Waals surface area contributed by atoms with Gasteiger partial charge in [0.05, 0.1) is 11.0 Å². The summed E-state index contributed by atoms with van der Waals surface area (Å²) < 4.78 is 2.37. The van der Waals surface area contributed by atoms with Crippen LogP contribution in [-0.2, 0) is 0 Å². The quantitative estimate of drug-likeness (QED) is 0.322. The molecule has 0 aliphatic carbocycles. The Morgan fingerprint density at radius 1 is 0.593 bits per heavy atom. The fourth-order valence-corrected chi connectivity index (χ4v) is 4.13. The fraction of sp³-hybridized carbons (Fsp3) is 0.0769. The summed E-state index contributed by atoms with van der Waals surface area (Å²) in [5, 5.41) is 2.59. The van der Waals surface area contributed by atoms with Crippen molar-refractivity contribution in [3.8, 4) is 16.8 Å². The van der Waals surface area contributed by atoms with Crippen molar-refractivity contribution < 1.29 is 0 Å². The van der Waals surface area contributed by atoms with Gasteiger partial charge in [0.25, 0.3) is 0 Å². The van der Waals surface area contributed by atoms with E-state index in [2.05, 4.69) is 109 Å². The molecule has 0 saturated heterocycles. The van der Waals surface area contributed by atoms with Crippen LogP contribution in [-0.4, -0.2) is 4.57 Å². The van der Waals surface area contributed by atoms with E-state index in [1.807, 2.05) is 0 Å². The molecule has 1 heteroatoms. The minimum absolute atomic E-state index is 1.20. The predicted molar refractivity (Wildman–Crippen MR) is 116 cm³/mol. The Bertz CT molecular complexity index is 1280. The summed E-state index contributed by atoms with van der Waals surface area (Å²) in [6.07, 6.45) is 0. The van der Waals surface area contributed by atoms with Gasteiger partial charge in [-0.25, -0.2) is 0 Å². The lowest BCUT2D eigenvalue weighted by Gasteiger charge is -2.10. The molecule has 27 heavy (non-hydrogen) atoms. The Balaban J connectivity index is 1.85. The van der Waals surface area contributed by atoms with E-state index in [9.17, 15) is 0 Å². The molecule has 0 fully saturated rings. The van der Waals surface area contributed by atoms with Gasteiger partial charge in [0, 0.05) is 16.5 Å². The first-order valence-electron chi connectivity index (χ1n) is 9.38. The third kappa shape index (κ3) is 2.55. The zero-order valence-electron chi connectivity index (χ0n) is 15.6. The number of fused-ring (bicyclic) bond motifs is 3. The Morgan fingerprint density at radius 3 is 2.15 bits per heavy atom. The van der Waals surface area contributed by atoms with Crippen molar-refractivity contribution in [3.05, 3.63) is 102 Å². The van der Waals surface area contributed by atoms with Gasteiger partial charge in [-0.05, 0) is 54.8 Å². The number of hydrogen-bond acceptors (Lipinski definition) is 0. The molecule has 1 aromatic heterocycles. The van der Waals surface area contributed by atoms with Gasteiger partial charge in [0.1, 0.15) is 0 Å². The van der Waals surface area contributed by atoms with Crippen molar-refractivity contribution in [1.29, 1.82) is 0 Å². The summed E-state index contributed by atoms with van der Waals surface area (Å²) in [4.78, 5) is 0. The lowest BCUT2D eigenvalue weighted by atomic mass is 9.98. The zero-order valence-corrected chi connectivity index (χ0v) is 15.6. The molecule has 0 aliphatic heterocycles. The molecule has 0 aliphatic rings. The highest BCUT2D eigenvalue weighted by Crippen LogP contribution is 2.35. The number of nitrogens with zero attached hydrogens (tertiary/aromatic N) is 1. The summed E-state index contributed by atoms with van der Waals surface area (Å²) in [6.45, 7) is 4.34. The lowest BCUT2D eigenvalue weighted by Crippen LogP contribution is -1.93. The highest BCUT2D eigenvalue weighted by molar-refractivity contribution is 6.10. The zero-order chi connectivity index (χ0) is 18.4. The number of hydrogen-bond donors (Lipinski definition) is 0. The molecule has 5 rings (SSSR count). The molecule has 0 saturated carbocycles. The minimum atomic E-state index is 1.20. The highest BCUT2D eigenvalue weighted by atomic mass is 15.0. The molecule has 4 aromatic carbocycles. The molecule has 0 amide bonds. The Hall–Kier alpha value is -3.32. The number of para-hydroxylation sites is 2. The van der Waals surface area contributed by atoms with Gasteiger partial charge in [-0.1, -0.05) is 72.3 Å². The molecule has 130 valence electrons. The largest absolute Gasteiger partial charge is 0.309 e. The normalized spacial score (nSPS) is 11.3. The highest BCUT2D eigenvalue weighted by Gasteiger charge is 2.13. The molecule has 1 nitrogen and oxygen atoms in total. The fourth-order valence-electron chi connectivity index (χ4n) is 4.13. The van der Waals surface area contributed by atoms with Crippen LogP contribution in [0.15, 0.2) is 91.0 Å². The van der Waals surface area contributed by atoms with Crippen LogP contribution in [0.1, 0.15) is 11.1 Å². The van der Waals surface area contributed by atoms with Gasteiger partial charge < -0.3 is 4.57 Å². The van der Waals surface area contributed by atoms with E-state index in [0.717, 1.165) is 0 Å². The molecular weight excluding hydrogens is 326 g/mol. The van der Waals surface area contributed by atoms with Crippen LogP contribution in [0.4, 0.5) is 0 Å². The lowest BCUT2D eigenvalue weighted by molar-refractivity contribution is 1.18. The number of benzene rings is 4. The molecule has 0 N–H and O–H groups in total. The Labute approximate surface area is 159 Å². The molecule has 5 aromatic rings. The molecule has 0 bridgehead atoms. The van der Waals surface area contributed by atoms with Gasteiger partial charge in [0.15, 0.2) is 0 Å². The standard InChI is InChI=1S/C26H21N/c1-18-12-14-22(19(2)16-18)20-13-15-24-23-10-6-7-11-25(23)27(26(24)17-20)21-8-4-3-5-9-21/h3-17H,1-2H3. The maximum Gasteiger partial charge on any atom is 0.0547 e. The summed E-state index contributed by atoms with van der Waals surface area (Å²) in [5.41, 5.74) is 8.87. The van der Waals surface area contributed by atoms with Gasteiger partial charge in [0.2, 0.25) is 0 Å². The smallest absolute Gasteiger partial charge is 0.0547 e. The minimum Gasteiger partial charge on any atom is -0.309 e. The van der Waals surface area contributed by atoms with Crippen LogP contribution >= 0.6 is 0 Å². The summed E-state index contributed by atoms with van der Waals surface area (Å²) in [6, 6.07) is 32.8. The molecule has 0 spiro atoms. The summed E-state index contributed by atoms with van der Waals surface area (Å²) in [7, 11) is 0. The van der Waals surface area contributed by atoms with E-state index in [-0.39, 0.29) is 0 Å². The van der Waals surface area contributed by atoms with Crippen molar-refractivity contribution in [1.82, 2.24) is 4.57 Å². The average molecular weight is 347 g/mol. The van der Waals surface area contributed by atoms with Crippen molar-refractivity contribution in [2.24, 2.45) is 0 Å². The maximum atomic E-state index is 2.37. The van der Waals surface area contributed by atoms with Crippen LogP contribution in [0.5, 0.6) is 0 Å². The summed E-state index contributed by atoms with van der Waals surface area (Å²) >= 11 is 0. The summed E-state index contributed by atoms with van der Waals surface area (Å²) in [5.74, 6) is 0. The van der Waals surface area contributed by atoms with Crippen LogP contribution in [0.25, 0.3) is 38.6 Å². The van der Waals surface area contributed by atoms with Gasteiger partial charge in [-0.3, -0.25) is 0 Å². The molecule has 0 atom stereocenters. The van der Waals surface area contributed by atoms with Crippen molar-refractivity contribution in [2.75, 3.05) is 0 Å². The van der Waals surface area contributed by atoms with E-state index >= 15 is 0 Å². The second-order valence-electron chi connectivity index (χ2n) is 7.24. The van der Waals surface area contributed by atoms with Gasteiger partial charge in [-0.15, -0.1) is 0 Å². The number of rotatable bonds is 2. The predicted octanol–water partition coefficient (Wildman–Crippen LogP) is 7.07. The average Bonchev–Trinajstić information content (AvgIpc) is 3.02. The first-order valence-corrected chi connectivity index (χ1v) is 9.38. The van der Waals surface area contributed by atoms with E-state index in [4.69, 9.17) is 0 Å². The molecular formula is C26H21N.